The summed E-state index contributed by atoms with van der Waals surface area (Å²) in [5.74, 6) is -0.0418. The molecule has 0 fully saturated rings. The third kappa shape index (κ3) is 3.61. The summed E-state index contributed by atoms with van der Waals surface area (Å²) in [5, 5.41) is 2.96. The molecule has 0 radical (unpaired) electrons. The third-order valence-corrected chi connectivity index (χ3v) is 4.46. The molecule has 0 spiro atoms. The zero-order valence-electron chi connectivity index (χ0n) is 11.1. The van der Waals surface area contributed by atoms with Crippen LogP contribution in [0.5, 0.6) is 0 Å². The molecule has 0 unspecified atom stereocenters. The lowest BCUT2D eigenvalue weighted by Gasteiger charge is -2.07. The molecule has 19 heavy (non-hydrogen) atoms. The smallest absolute Gasteiger partial charge is 0.251 e. The molecular formula is C15H17NOS2. The number of amides is 1. The molecule has 100 valence electrons. The molecule has 2 nitrogen and oxygen atoms in total. The first-order valence-corrected chi connectivity index (χ1v) is 7.52. The van der Waals surface area contributed by atoms with Gasteiger partial charge in [-0.2, -0.15) is 0 Å². The van der Waals surface area contributed by atoms with Gasteiger partial charge in [-0.1, -0.05) is 13.0 Å². The van der Waals surface area contributed by atoms with Gasteiger partial charge in [0.2, 0.25) is 0 Å². The molecule has 0 aliphatic rings. The highest BCUT2D eigenvalue weighted by Gasteiger charge is 2.09. The standard InChI is InChI=1S/C15H17NOS2/c1-3-12-6-7-13(19-12)9-16-15(17)14-8-11(18)5-4-10(14)2/h4-8,18H,3,9H2,1-2H3,(H,16,17). The lowest BCUT2D eigenvalue weighted by atomic mass is 10.1. The first kappa shape index (κ1) is 14.2. The van der Waals surface area contributed by atoms with Crippen LogP contribution >= 0.6 is 24.0 Å². The van der Waals surface area contributed by atoms with Crippen molar-refractivity contribution < 1.29 is 4.79 Å². The second kappa shape index (κ2) is 6.26. The highest BCUT2D eigenvalue weighted by atomic mass is 32.1. The fraction of sp³-hybridized carbons (Fsp3) is 0.267. The van der Waals surface area contributed by atoms with Crippen molar-refractivity contribution >= 4 is 29.9 Å². The predicted molar refractivity (Wildman–Crippen MR) is 83.3 cm³/mol. The number of benzene rings is 1. The van der Waals surface area contributed by atoms with Crippen molar-refractivity contribution in [3.63, 3.8) is 0 Å². The number of carbonyl (C=O) groups is 1. The fourth-order valence-electron chi connectivity index (χ4n) is 1.82. The maximum absolute atomic E-state index is 12.1. The number of thiol groups is 1. The summed E-state index contributed by atoms with van der Waals surface area (Å²) in [6.45, 7) is 4.65. The number of nitrogens with one attached hydrogen (secondary N) is 1. The van der Waals surface area contributed by atoms with Gasteiger partial charge in [0, 0.05) is 20.2 Å². The number of carbonyl (C=O) groups excluding carboxylic acids is 1. The van der Waals surface area contributed by atoms with Crippen molar-refractivity contribution in [2.45, 2.75) is 31.7 Å². The average molecular weight is 291 g/mol. The molecule has 0 atom stereocenters. The molecule has 1 heterocycles. The van der Waals surface area contributed by atoms with Gasteiger partial charge in [0.15, 0.2) is 0 Å². The van der Waals surface area contributed by atoms with Crippen molar-refractivity contribution in [2.24, 2.45) is 0 Å². The minimum atomic E-state index is -0.0418. The minimum Gasteiger partial charge on any atom is -0.347 e. The Bertz CT molecular complexity index is 590. The summed E-state index contributed by atoms with van der Waals surface area (Å²) in [6.07, 6.45) is 1.04. The van der Waals surface area contributed by atoms with Gasteiger partial charge < -0.3 is 5.32 Å². The van der Waals surface area contributed by atoms with E-state index in [2.05, 4.69) is 37.0 Å². The second-order valence-corrected chi connectivity index (χ2v) is 6.17. The third-order valence-electron chi connectivity index (χ3n) is 2.95. The van der Waals surface area contributed by atoms with Gasteiger partial charge in [0.25, 0.3) is 5.91 Å². The molecule has 4 heteroatoms. The summed E-state index contributed by atoms with van der Waals surface area (Å²) < 4.78 is 0. The van der Waals surface area contributed by atoms with Gasteiger partial charge in [-0.25, -0.2) is 0 Å². The number of hydrogen-bond donors (Lipinski definition) is 2. The quantitative estimate of drug-likeness (QED) is 0.823. The molecule has 0 saturated carbocycles. The summed E-state index contributed by atoms with van der Waals surface area (Å²) in [6, 6.07) is 9.80. The molecule has 1 N–H and O–H groups in total. The normalized spacial score (nSPS) is 10.5. The van der Waals surface area contributed by atoms with Gasteiger partial charge in [-0.3, -0.25) is 4.79 Å². The minimum absolute atomic E-state index is 0.0418. The highest BCUT2D eigenvalue weighted by Crippen LogP contribution is 2.17. The second-order valence-electron chi connectivity index (χ2n) is 4.40. The lowest BCUT2D eigenvalue weighted by Crippen LogP contribution is -2.23. The summed E-state index contributed by atoms with van der Waals surface area (Å²) in [5.41, 5.74) is 1.66. The maximum atomic E-state index is 12.1. The van der Waals surface area contributed by atoms with E-state index in [1.165, 1.54) is 9.75 Å². The van der Waals surface area contributed by atoms with E-state index in [4.69, 9.17) is 0 Å². The summed E-state index contributed by atoms with van der Waals surface area (Å²) in [4.78, 5) is 15.5. The maximum Gasteiger partial charge on any atom is 0.251 e. The summed E-state index contributed by atoms with van der Waals surface area (Å²) >= 11 is 6.02. The van der Waals surface area contributed by atoms with Crippen molar-refractivity contribution in [1.29, 1.82) is 0 Å². The van der Waals surface area contributed by atoms with Crippen LogP contribution in [0.3, 0.4) is 0 Å². The van der Waals surface area contributed by atoms with E-state index in [0.717, 1.165) is 16.9 Å². The van der Waals surface area contributed by atoms with Crippen LogP contribution in [0.4, 0.5) is 0 Å². The zero-order chi connectivity index (χ0) is 13.8. The topological polar surface area (TPSA) is 29.1 Å². The first-order chi connectivity index (χ1) is 9.10. The monoisotopic (exact) mass is 291 g/mol. The molecule has 0 bridgehead atoms. The van der Waals surface area contributed by atoms with E-state index in [-0.39, 0.29) is 5.91 Å². The van der Waals surface area contributed by atoms with Crippen molar-refractivity contribution in [2.75, 3.05) is 0 Å². The van der Waals surface area contributed by atoms with Crippen LogP contribution in [0, 0.1) is 6.92 Å². The largest absolute Gasteiger partial charge is 0.347 e. The van der Waals surface area contributed by atoms with Crippen LogP contribution in [0.1, 0.15) is 32.6 Å². The Morgan fingerprint density at radius 1 is 1.26 bits per heavy atom. The molecule has 1 amide bonds. The van der Waals surface area contributed by atoms with Crippen LogP contribution < -0.4 is 5.32 Å². The Morgan fingerprint density at radius 2 is 2.00 bits per heavy atom. The number of thiophene rings is 1. The first-order valence-electron chi connectivity index (χ1n) is 6.25. The van der Waals surface area contributed by atoms with Crippen LogP contribution in [-0.2, 0) is 13.0 Å². The van der Waals surface area contributed by atoms with Gasteiger partial charge in [-0.05, 0) is 43.2 Å². The van der Waals surface area contributed by atoms with Crippen LogP contribution in [-0.4, -0.2) is 5.91 Å². The molecule has 0 saturated heterocycles. The van der Waals surface area contributed by atoms with Crippen molar-refractivity contribution in [1.82, 2.24) is 5.32 Å². The van der Waals surface area contributed by atoms with Crippen LogP contribution in [0.25, 0.3) is 0 Å². The molecule has 1 aromatic heterocycles. The Morgan fingerprint density at radius 3 is 2.68 bits per heavy atom. The molecule has 0 aliphatic heterocycles. The van der Waals surface area contributed by atoms with Crippen LogP contribution in [0.2, 0.25) is 0 Å². The molecular weight excluding hydrogens is 274 g/mol. The Kier molecular flexibility index (Phi) is 4.66. The lowest BCUT2D eigenvalue weighted by molar-refractivity contribution is 0.0950. The van der Waals surface area contributed by atoms with Gasteiger partial charge in [0.1, 0.15) is 0 Å². The van der Waals surface area contributed by atoms with Crippen LogP contribution in [0.15, 0.2) is 35.2 Å². The van der Waals surface area contributed by atoms with Gasteiger partial charge >= 0.3 is 0 Å². The molecule has 2 rings (SSSR count). The fourth-order valence-corrected chi connectivity index (χ4v) is 2.93. The SMILES string of the molecule is CCc1ccc(CNC(=O)c2cc(S)ccc2C)s1. The Labute approximate surface area is 123 Å². The summed E-state index contributed by atoms with van der Waals surface area (Å²) in [7, 11) is 0. The number of hydrogen-bond acceptors (Lipinski definition) is 3. The van der Waals surface area contributed by atoms with E-state index in [9.17, 15) is 4.79 Å². The molecule has 2 aromatic rings. The number of aryl methyl sites for hydroxylation is 2. The van der Waals surface area contributed by atoms with Gasteiger partial charge in [0.05, 0.1) is 6.54 Å². The van der Waals surface area contributed by atoms with E-state index in [1.54, 1.807) is 17.4 Å². The predicted octanol–water partition coefficient (Wildman–Crippen LogP) is 3.84. The van der Waals surface area contributed by atoms with Crippen molar-refractivity contribution in [3.8, 4) is 0 Å². The van der Waals surface area contributed by atoms with E-state index < -0.39 is 0 Å². The Balaban J connectivity index is 2.03. The van der Waals surface area contributed by atoms with Crippen molar-refractivity contribution in [3.05, 3.63) is 51.2 Å². The zero-order valence-corrected chi connectivity index (χ0v) is 12.8. The van der Waals surface area contributed by atoms with E-state index in [0.29, 0.717) is 12.1 Å². The number of rotatable bonds is 4. The molecule has 1 aromatic carbocycles. The van der Waals surface area contributed by atoms with E-state index >= 15 is 0 Å². The highest BCUT2D eigenvalue weighted by molar-refractivity contribution is 7.80. The Hall–Kier alpha value is -1.26. The van der Waals surface area contributed by atoms with E-state index in [1.807, 2.05) is 19.1 Å². The van der Waals surface area contributed by atoms with Gasteiger partial charge in [-0.15, -0.1) is 24.0 Å². The molecule has 0 aliphatic carbocycles. The average Bonchev–Trinajstić information content (AvgIpc) is 2.87.